The Labute approximate surface area is 119 Å². The highest BCUT2D eigenvalue weighted by molar-refractivity contribution is 14.1. The lowest BCUT2D eigenvalue weighted by atomic mass is 10.2. The van der Waals surface area contributed by atoms with Gasteiger partial charge >= 0.3 is 0 Å². The van der Waals surface area contributed by atoms with Crippen molar-refractivity contribution < 1.29 is 0 Å². The van der Waals surface area contributed by atoms with Gasteiger partial charge in [-0.1, -0.05) is 18.5 Å². The third-order valence-corrected chi connectivity index (χ3v) is 4.34. The summed E-state index contributed by atoms with van der Waals surface area (Å²) in [5, 5.41) is 4.88. The van der Waals surface area contributed by atoms with Crippen molar-refractivity contribution in [1.82, 2.24) is 19.7 Å². The topological polar surface area (TPSA) is 43.6 Å². The summed E-state index contributed by atoms with van der Waals surface area (Å²) in [6.45, 7) is 3.99. The van der Waals surface area contributed by atoms with Crippen LogP contribution >= 0.6 is 34.2 Å². The van der Waals surface area contributed by atoms with Crippen LogP contribution in [-0.4, -0.2) is 19.7 Å². The van der Waals surface area contributed by atoms with Crippen molar-refractivity contribution in [3.8, 4) is 11.4 Å². The van der Waals surface area contributed by atoms with E-state index in [2.05, 4.69) is 44.6 Å². The van der Waals surface area contributed by atoms with E-state index in [9.17, 15) is 0 Å². The number of hydrogen-bond acceptors (Lipinski definition) is 3. The highest BCUT2D eigenvalue weighted by Gasteiger charge is 2.14. The zero-order chi connectivity index (χ0) is 12.6. The highest BCUT2D eigenvalue weighted by Crippen LogP contribution is 2.25. The summed E-state index contributed by atoms with van der Waals surface area (Å²) < 4.78 is 2.67. The Balaban J connectivity index is 2.60. The second-order valence-electron chi connectivity index (χ2n) is 3.75. The molecule has 0 aromatic carbocycles. The molecule has 0 aliphatic heterocycles. The standard InChI is InChI=1S/C11H12ClIN4/c1-4-8-7(5-17(3)16-8)11-14-6(2)9(13)10(12)15-11/h5H,4H2,1-3H3. The molecule has 17 heavy (non-hydrogen) atoms. The van der Waals surface area contributed by atoms with Gasteiger partial charge in [0.25, 0.3) is 0 Å². The molecule has 0 spiro atoms. The van der Waals surface area contributed by atoms with E-state index in [1.807, 2.05) is 20.2 Å². The molecule has 0 saturated heterocycles. The Morgan fingerprint density at radius 2 is 2.12 bits per heavy atom. The van der Waals surface area contributed by atoms with Crippen molar-refractivity contribution in [1.29, 1.82) is 0 Å². The fourth-order valence-corrected chi connectivity index (χ4v) is 2.09. The quantitative estimate of drug-likeness (QED) is 0.609. The lowest BCUT2D eigenvalue weighted by Gasteiger charge is -2.04. The molecule has 0 radical (unpaired) electrons. The number of aryl methyl sites for hydroxylation is 3. The van der Waals surface area contributed by atoms with Gasteiger partial charge < -0.3 is 0 Å². The minimum absolute atomic E-state index is 0.499. The molecule has 0 amide bonds. The van der Waals surface area contributed by atoms with Gasteiger partial charge in [0.15, 0.2) is 5.82 Å². The SMILES string of the molecule is CCc1nn(C)cc1-c1nc(C)c(I)c(Cl)n1. The molecule has 0 aliphatic rings. The van der Waals surface area contributed by atoms with Crippen molar-refractivity contribution in [2.45, 2.75) is 20.3 Å². The summed E-state index contributed by atoms with van der Waals surface area (Å²) >= 11 is 8.24. The van der Waals surface area contributed by atoms with Crippen LogP contribution in [0, 0.1) is 10.5 Å². The van der Waals surface area contributed by atoms with E-state index < -0.39 is 0 Å². The first-order valence-electron chi connectivity index (χ1n) is 5.25. The van der Waals surface area contributed by atoms with Gasteiger partial charge in [-0.2, -0.15) is 5.10 Å². The fraction of sp³-hybridized carbons (Fsp3) is 0.364. The molecule has 4 nitrogen and oxygen atoms in total. The molecule has 0 bridgehead atoms. The average Bonchev–Trinajstić information content (AvgIpc) is 2.66. The molecule has 90 valence electrons. The molecular formula is C11H12ClIN4. The van der Waals surface area contributed by atoms with Gasteiger partial charge in [0, 0.05) is 13.2 Å². The summed E-state index contributed by atoms with van der Waals surface area (Å²) in [6, 6.07) is 0. The van der Waals surface area contributed by atoms with Crippen molar-refractivity contribution >= 4 is 34.2 Å². The smallest absolute Gasteiger partial charge is 0.164 e. The molecule has 2 heterocycles. The zero-order valence-corrected chi connectivity index (χ0v) is 12.7. The first kappa shape index (κ1) is 12.8. The van der Waals surface area contributed by atoms with E-state index in [1.165, 1.54) is 0 Å². The van der Waals surface area contributed by atoms with Gasteiger partial charge in [0.2, 0.25) is 0 Å². The molecule has 2 aromatic rings. The van der Waals surface area contributed by atoms with Crippen LogP contribution in [0.2, 0.25) is 5.15 Å². The van der Waals surface area contributed by atoms with Crippen molar-refractivity contribution in [3.05, 3.63) is 26.3 Å². The molecule has 0 aliphatic carbocycles. The molecule has 0 N–H and O–H groups in total. The van der Waals surface area contributed by atoms with E-state index >= 15 is 0 Å². The summed E-state index contributed by atoms with van der Waals surface area (Å²) in [5.41, 5.74) is 2.84. The van der Waals surface area contributed by atoms with Gasteiger partial charge in [0.05, 0.1) is 20.5 Å². The normalized spacial score (nSPS) is 10.9. The molecule has 6 heteroatoms. The first-order valence-corrected chi connectivity index (χ1v) is 6.71. The van der Waals surface area contributed by atoms with Gasteiger partial charge in [-0.3, -0.25) is 4.68 Å². The van der Waals surface area contributed by atoms with Crippen LogP contribution < -0.4 is 0 Å². The lowest BCUT2D eigenvalue weighted by molar-refractivity contribution is 0.746. The predicted molar refractivity (Wildman–Crippen MR) is 76.1 cm³/mol. The second-order valence-corrected chi connectivity index (χ2v) is 5.19. The van der Waals surface area contributed by atoms with E-state index in [0.717, 1.165) is 26.9 Å². The Morgan fingerprint density at radius 1 is 1.41 bits per heavy atom. The monoisotopic (exact) mass is 362 g/mol. The number of halogens is 2. The zero-order valence-electron chi connectivity index (χ0n) is 9.83. The fourth-order valence-electron chi connectivity index (χ4n) is 1.63. The molecule has 0 atom stereocenters. The summed E-state index contributed by atoms with van der Waals surface area (Å²) in [5.74, 6) is 0.651. The summed E-state index contributed by atoms with van der Waals surface area (Å²) in [6.07, 6.45) is 2.78. The summed E-state index contributed by atoms with van der Waals surface area (Å²) in [4.78, 5) is 8.79. The Kier molecular flexibility index (Phi) is 3.67. The van der Waals surface area contributed by atoms with Gasteiger partial charge in [-0.05, 0) is 35.9 Å². The van der Waals surface area contributed by atoms with Crippen LogP contribution in [0.5, 0.6) is 0 Å². The van der Waals surface area contributed by atoms with Gasteiger partial charge in [-0.15, -0.1) is 0 Å². The number of hydrogen-bond donors (Lipinski definition) is 0. The van der Waals surface area contributed by atoms with Crippen LogP contribution in [-0.2, 0) is 13.5 Å². The summed E-state index contributed by atoms with van der Waals surface area (Å²) in [7, 11) is 1.89. The van der Waals surface area contributed by atoms with E-state index in [0.29, 0.717) is 11.0 Å². The van der Waals surface area contributed by atoms with Crippen LogP contribution in [0.1, 0.15) is 18.3 Å². The van der Waals surface area contributed by atoms with Crippen LogP contribution in [0.15, 0.2) is 6.20 Å². The molecular weight excluding hydrogens is 351 g/mol. The number of aromatic nitrogens is 4. The maximum atomic E-state index is 6.09. The first-order chi connectivity index (χ1) is 8.02. The molecule has 0 saturated carbocycles. The molecule has 0 fully saturated rings. The van der Waals surface area contributed by atoms with E-state index in [4.69, 9.17) is 11.6 Å². The Morgan fingerprint density at radius 3 is 2.71 bits per heavy atom. The van der Waals surface area contributed by atoms with Crippen molar-refractivity contribution in [2.75, 3.05) is 0 Å². The van der Waals surface area contributed by atoms with Crippen LogP contribution in [0.3, 0.4) is 0 Å². The minimum Gasteiger partial charge on any atom is -0.275 e. The third kappa shape index (κ3) is 2.44. The molecule has 2 aromatic heterocycles. The number of nitrogens with zero attached hydrogens (tertiary/aromatic N) is 4. The van der Waals surface area contributed by atoms with E-state index in [-0.39, 0.29) is 0 Å². The Bertz CT molecular complexity index is 542. The maximum absolute atomic E-state index is 6.09. The van der Waals surface area contributed by atoms with Gasteiger partial charge in [-0.25, -0.2) is 9.97 Å². The lowest BCUT2D eigenvalue weighted by Crippen LogP contribution is -1.97. The second kappa shape index (κ2) is 4.89. The van der Waals surface area contributed by atoms with E-state index in [1.54, 1.807) is 4.68 Å². The third-order valence-electron chi connectivity index (χ3n) is 2.46. The molecule has 2 rings (SSSR count). The highest BCUT2D eigenvalue weighted by atomic mass is 127. The minimum atomic E-state index is 0.499. The maximum Gasteiger partial charge on any atom is 0.164 e. The van der Waals surface area contributed by atoms with Crippen molar-refractivity contribution in [3.63, 3.8) is 0 Å². The van der Waals surface area contributed by atoms with Crippen LogP contribution in [0.4, 0.5) is 0 Å². The van der Waals surface area contributed by atoms with Gasteiger partial charge in [0.1, 0.15) is 5.15 Å². The predicted octanol–water partition coefficient (Wildman–Crippen LogP) is 3.01. The Hall–Kier alpha value is -0.690. The largest absolute Gasteiger partial charge is 0.275 e. The van der Waals surface area contributed by atoms with Crippen molar-refractivity contribution in [2.24, 2.45) is 7.05 Å². The molecule has 0 unspecified atom stereocenters. The van der Waals surface area contributed by atoms with Crippen LogP contribution in [0.25, 0.3) is 11.4 Å². The number of rotatable bonds is 2. The average molecular weight is 363 g/mol.